The van der Waals surface area contributed by atoms with Gasteiger partial charge in [0, 0.05) is 16.0 Å². The molecule has 0 aliphatic rings. The predicted molar refractivity (Wildman–Crippen MR) is 166 cm³/mol. The number of nitrogen functional groups attached to an aromatic ring is 1. The minimum atomic E-state index is -3.86. The van der Waals surface area contributed by atoms with Crippen molar-refractivity contribution in [2.24, 2.45) is 11.7 Å². The van der Waals surface area contributed by atoms with Crippen molar-refractivity contribution in [3.05, 3.63) is 87.6 Å². The third-order valence-electron chi connectivity index (χ3n) is 6.39. The Labute approximate surface area is 255 Å². The van der Waals surface area contributed by atoms with E-state index in [4.69, 9.17) is 39.1 Å². The Kier molecular flexibility index (Phi) is 10.2. The maximum Gasteiger partial charge on any atom is 0.253 e. The van der Waals surface area contributed by atoms with Crippen LogP contribution in [-0.2, 0) is 21.4 Å². The van der Waals surface area contributed by atoms with Crippen LogP contribution in [0.4, 0.5) is 5.69 Å². The number of hydrogen-bond donors (Lipinski definition) is 2. The monoisotopic (exact) mass is 637 g/mol. The average Bonchev–Trinajstić information content (AvgIpc) is 3.21. The fourth-order valence-electron chi connectivity index (χ4n) is 4.43. The normalized spacial score (nSPS) is 12.3. The number of nitrogens with two attached hydrogens (primary N) is 2. The van der Waals surface area contributed by atoms with Crippen molar-refractivity contribution in [1.29, 1.82) is 0 Å². The summed E-state index contributed by atoms with van der Waals surface area (Å²) in [5.74, 6) is -1.02. The van der Waals surface area contributed by atoms with Crippen LogP contribution >= 0.6 is 35.6 Å². The molecule has 0 saturated heterocycles. The molecule has 4 N–H and O–H groups in total. The molecule has 8 nitrogen and oxygen atoms in total. The second kappa shape index (κ2) is 12.8. The van der Waals surface area contributed by atoms with Crippen molar-refractivity contribution < 1.29 is 22.4 Å². The lowest BCUT2D eigenvalue weighted by Gasteiger charge is -2.24. The second-order valence-corrected chi connectivity index (χ2v) is 12.8. The Bertz CT molecular complexity index is 1720. The molecular weight excluding hydrogens is 609 g/mol. The highest BCUT2D eigenvalue weighted by Crippen LogP contribution is 2.35. The van der Waals surface area contributed by atoms with Crippen LogP contribution in [0.2, 0.25) is 10.0 Å². The van der Waals surface area contributed by atoms with Crippen LogP contribution < -0.4 is 11.5 Å². The van der Waals surface area contributed by atoms with Gasteiger partial charge in [-0.2, -0.15) is 0 Å². The molecule has 218 valence electrons. The van der Waals surface area contributed by atoms with E-state index >= 15 is 0 Å². The van der Waals surface area contributed by atoms with E-state index in [-0.39, 0.29) is 46.9 Å². The van der Waals surface area contributed by atoms with Crippen LogP contribution in [0.5, 0.6) is 0 Å². The first kappa shape index (κ1) is 32.4. The maximum atomic E-state index is 13.1. The Morgan fingerprint density at radius 1 is 1.00 bits per heavy atom. The largest absolute Gasteiger partial charge is 0.450 e. The molecule has 1 aromatic heterocycles. The summed E-state index contributed by atoms with van der Waals surface area (Å²) in [7, 11) is -3.86. The van der Waals surface area contributed by atoms with E-state index in [0.717, 1.165) is 21.7 Å². The molecule has 0 bridgehead atoms. The summed E-state index contributed by atoms with van der Waals surface area (Å²) in [4.78, 5) is 26.0. The number of anilines is 1. The van der Waals surface area contributed by atoms with Gasteiger partial charge in [-0.05, 0) is 65.4 Å². The number of fused-ring (bicyclic) bond motifs is 1. The lowest BCUT2D eigenvalue weighted by Crippen LogP contribution is -2.46. The highest BCUT2D eigenvalue weighted by atomic mass is 35.5. The average molecular weight is 639 g/mol. The Morgan fingerprint density at radius 3 is 2.32 bits per heavy atom. The minimum Gasteiger partial charge on any atom is -0.450 e. The Balaban J connectivity index is 0.00000462. The second-order valence-electron chi connectivity index (χ2n) is 10.1. The van der Waals surface area contributed by atoms with Gasteiger partial charge < -0.3 is 15.9 Å². The van der Waals surface area contributed by atoms with Crippen LogP contribution in [0, 0.1) is 5.92 Å². The van der Waals surface area contributed by atoms with E-state index in [2.05, 4.69) is 0 Å². The molecule has 41 heavy (non-hydrogen) atoms. The van der Waals surface area contributed by atoms with Gasteiger partial charge >= 0.3 is 0 Å². The molecule has 3 aromatic carbocycles. The number of sulfonamides is 1. The third kappa shape index (κ3) is 7.23. The number of halogens is 3. The van der Waals surface area contributed by atoms with Gasteiger partial charge in [0.25, 0.3) is 5.91 Å². The number of ketones is 1. The molecule has 1 heterocycles. The maximum absolute atomic E-state index is 13.1. The Morgan fingerprint density at radius 2 is 1.68 bits per heavy atom. The summed E-state index contributed by atoms with van der Waals surface area (Å²) >= 11 is 12.2. The zero-order chi connectivity index (χ0) is 29.4. The van der Waals surface area contributed by atoms with Crippen molar-refractivity contribution in [1.82, 2.24) is 4.31 Å². The molecule has 0 saturated carbocycles. The van der Waals surface area contributed by atoms with Crippen molar-refractivity contribution >= 4 is 74.0 Å². The van der Waals surface area contributed by atoms with Gasteiger partial charge in [-0.1, -0.05) is 61.3 Å². The molecule has 0 spiro atoms. The van der Waals surface area contributed by atoms with Gasteiger partial charge in [0.2, 0.25) is 15.8 Å². The number of furan rings is 1. The first-order chi connectivity index (χ1) is 18.8. The number of nitrogens with zero attached hydrogens (tertiary/aromatic N) is 1. The summed E-state index contributed by atoms with van der Waals surface area (Å²) in [6, 6.07) is 16.0. The number of benzene rings is 3. The molecule has 0 unspecified atom stereocenters. The molecule has 4 rings (SSSR count). The lowest BCUT2D eigenvalue weighted by molar-refractivity contribution is -0.128. The van der Waals surface area contributed by atoms with E-state index in [1.807, 2.05) is 26.0 Å². The van der Waals surface area contributed by atoms with Crippen molar-refractivity contribution in [2.45, 2.75) is 32.9 Å². The molecule has 0 aliphatic heterocycles. The smallest absolute Gasteiger partial charge is 0.253 e. The Hall–Kier alpha value is -3.08. The van der Waals surface area contributed by atoms with E-state index < -0.39 is 27.8 Å². The minimum absolute atomic E-state index is 0. The standard InChI is InChI=1S/C29H29Cl2N3O5S.ClH/c1-16(2)11-24(32)29(36)34(40(3,37)38)15-17-5-4-6-18(12-17)19-7-9-22-25(13-19)39-28(26(22)33)27(35)21-10-8-20(30)14-23(21)31;/h4-10,12-14,16,24H,11,15,32-33H2,1-3H3;1H/t24-;/m0./s1. The fraction of sp³-hybridized carbons (Fsp3) is 0.241. The van der Waals surface area contributed by atoms with Gasteiger partial charge in [-0.15, -0.1) is 12.4 Å². The molecule has 4 aromatic rings. The van der Waals surface area contributed by atoms with E-state index in [1.54, 1.807) is 36.4 Å². The van der Waals surface area contributed by atoms with Gasteiger partial charge in [-0.25, -0.2) is 12.7 Å². The summed E-state index contributed by atoms with van der Waals surface area (Å²) in [6.45, 7) is 3.67. The SMILES string of the molecule is CC(C)C[C@H](N)C(=O)N(Cc1cccc(-c2ccc3c(N)c(C(=O)c4ccc(Cl)cc4Cl)oc3c2)c1)S(C)(=O)=O.Cl. The van der Waals surface area contributed by atoms with Crippen molar-refractivity contribution in [2.75, 3.05) is 12.0 Å². The van der Waals surface area contributed by atoms with E-state index in [0.29, 0.717) is 28.0 Å². The third-order valence-corrected chi connectivity index (χ3v) is 8.04. The first-order valence-electron chi connectivity index (χ1n) is 12.4. The molecule has 0 aliphatic carbocycles. The summed E-state index contributed by atoms with van der Waals surface area (Å²) in [5.41, 5.74) is 15.1. The van der Waals surface area contributed by atoms with Crippen LogP contribution in [0.15, 0.2) is 65.1 Å². The molecule has 1 amide bonds. The zero-order valence-corrected chi connectivity index (χ0v) is 25.7. The predicted octanol–water partition coefficient (Wildman–Crippen LogP) is 6.30. The van der Waals surface area contributed by atoms with Crippen molar-refractivity contribution in [3.63, 3.8) is 0 Å². The first-order valence-corrected chi connectivity index (χ1v) is 15.0. The van der Waals surface area contributed by atoms with E-state index in [9.17, 15) is 18.0 Å². The lowest BCUT2D eigenvalue weighted by atomic mass is 10.0. The molecule has 0 radical (unpaired) electrons. The topological polar surface area (TPSA) is 137 Å². The van der Waals surface area contributed by atoms with Crippen LogP contribution in [-0.4, -0.2) is 36.7 Å². The molecule has 12 heteroatoms. The van der Waals surface area contributed by atoms with Crippen LogP contribution in [0.1, 0.15) is 41.9 Å². The van der Waals surface area contributed by atoms with Crippen LogP contribution in [0.25, 0.3) is 22.1 Å². The highest BCUT2D eigenvalue weighted by Gasteiger charge is 2.29. The summed E-state index contributed by atoms with van der Waals surface area (Å²) < 4.78 is 31.7. The number of carbonyl (C=O) groups excluding carboxylic acids is 2. The van der Waals surface area contributed by atoms with Gasteiger partial charge in [0.1, 0.15) is 5.58 Å². The number of amides is 1. The van der Waals surface area contributed by atoms with Crippen molar-refractivity contribution in [3.8, 4) is 11.1 Å². The summed E-state index contributed by atoms with van der Waals surface area (Å²) in [6.07, 6.45) is 1.36. The molecule has 1 atom stereocenters. The highest BCUT2D eigenvalue weighted by molar-refractivity contribution is 7.88. The number of hydrogen-bond acceptors (Lipinski definition) is 7. The number of carbonyl (C=O) groups is 2. The summed E-state index contributed by atoms with van der Waals surface area (Å²) in [5, 5.41) is 1.14. The molecule has 0 fully saturated rings. The zero-order valence-electron chi connectivity index (χ0n) is 22.6. The van der Waals surface area contributed by atoms with Gasteiger partial charge in [0.15, 0.2) is 5.76 Å². The number of rotatable bonds is 9. The molecular formula is C29H30Cl3N3O5S. The van der Waals surface area contributed by atoms with Gasteiger partial charge in [0.05, 0.1) is 29.6 Å². The van der Waals surface area contributed by atoms with Crippen LogP contribution in [0.3, 0.4) is 0 Å². The fourth-order valence-corrected chi connectivity index (χ4v) is 5.77. The van der Waals surface area contributed by atoms with Gasteiger partial charge in [-0.3, -0.25) is 9.59 Å². The van der Waals surface area contributed by atoms with E-state index in [1.165, 1.54) is 12.1 Å². The quantitative estimate of drug-likeness (QED) is 0.205.